The van der Waals surface area contributed by atoms with Gasteiger partial charge in [-0.1, -0.05) is 43.3 Å². The highest BCUT2D eigenvalue weighted by atomic mass is 19.1. The zero-order valence-corrected chi connectivity index (χ0v) is 19.6. The Bertz CT molecular complexity index is 1360. The van der Waals surface area contributed by atoms with Crippen molar-refractivity contribution >= 4 is 28.0 Å². The standard InChI is InChI=1S/C28H27FN4O2/c1-2-22(19-7-4-3-5-8-19)27(20-10-12-24-23(17-20)28(29)32-31-24)21-11-13-25(30-18-21)35-16-15-33-14-6-9-26(33)34/h3-5,7-8,10-13,17-18H,2,6,9,14-16H2,1H3,(H,31,32)/b27-22-. The molecular weight excluding hydrogens is 443 g/mol. The van der Waals surface area contributed by atoms with Crippen LogP contribution in [-0.4, -0.2) is 45.7 Å². The summed E-state index contributed by atoms with van der Waals surface area (Å²) in [6, 6.07) is 19.7. The molecule has 35 heavy (non-hydrogen) atoms. The lowest BCUT2D eigenvalue weighted by Crippen LogP contribution is -2.29. The number of nitrogens with one attached hydrogen (secondary N) is 1. The molecule has 0 aliphatic carbocycles. The third-order valence-corrected chi connectivity index (χ3v) is 6.39. The molecule has 4 aromatic rings. The Labute approximate surface area is 203 Å². The summed E-state index contributed by atoms with van der Waals surface area (Å²) in [5, 5.41) is 6.88. The van der Waals surface area contributed by atoms with E-state index >= 15 is 0 Å². The molecule has 1 fully saturated rings. The van der Waals surface area contributed by atoms with Crippen LogP contribution in [0.15, 0.2) is 66.9 Å². The van der Waals surface area contributed by atoms with E-state index in [4.69, 9.17) is 4.74 Å². The van der Waals surface area contributed by atoms with Crippen LogP contribution in [0.4, 0.5) is 4.39 Å². The molecule has 0 unspecified atom stereocenters. The van der Waals surface area contributed by atoms with E-state index in [1.807, 2.05) is 53.4 Å². The summed E-state index contributed by atoms with van der Waals surface area (Å²) in [5.41, 5.74) is 5.69. The van der Waals surface area contributed by atoms with Crippen molar-refractivity contribution in [3.63, 3.8) is 0 Å². The molecule has 1 saturated heterocycles. The van der Waals surface area contributed by atoms with E-state index in [1.165, 1.54) is 0 Å². The smallest absolute Gasteiger partial charge is 0.240 e. The largest absolute Gasteiger partial charge is 0.476 e. The van der Waals surface area contributed by atoms with Gasteiger partial charge in [-0.25, -0.2) is 4.98 Å². The van der Waals surface area contributed by atoms with E-state index < -0.39 is 5.95 Å². The van der Waals surface area contributed by atoms with Gasteiger partial charge in [0.25, 0.3) is 0 Å². The van der Waals surface area contributed by atoms with Crippen LogP contribution in [-0.2, 0) is 4.79 Å². The first-order chi connectivity index (χ1) is 17.1. The van der Waals surface area contributed by atoms with Crippen molar-refractivity contribution in [1.29, 1.82) is 0 Å². The maximum Gasteiger partial charge on any atom is 0.240 e. The quantitative estimate of drug-likeness (QED) is 0.347. The van der Waals surface area contributed by atoms with Crippen LogP contribution in [0, 0.1) is 5.95 Å². The Morgan fingerprint density at radius 3 is 2.63 bits per heavy atom. The number of pyridine rings is 1. The van der Waals surface area contributed by atoms with Crippen molar-refractivity contribution in [1.82, 2.24) is 20.1 Å². The summed E-state index contributed by atoms with van der Waals surface area (Å²) >= 11 is 0. The Kier molecular flexibility index (Phi) is 6.57. The molecule has 2 aromatic heterocycles. The summed E-state index contributed by atoms with van der Waals surface area (Å²) in [4.78, 5) is 18.1. The molecular formula is C28H27FN4O2. The van der Waals surface area contributed by atoms with Crippen molar-refractivity contribution in [2.24, 2.45) is 0 Å². The highest BCUT2D eigenvalue weighted by Gasteiger charge is 2.20. The van der Waals surface area contributed by atoms with E-state index in [1.54, 1.807) is 6.20 Å². The van der Waals surface area contributed by atoms with Gasteiger partial charge in [-0.2, -0.15) is 4.39 Å². The molecule has 3 heterocycles. The first-order valence-corrected chi connectivity index (χ1v) is 11.9. The molecule has 0 bridgehead atoms. The zero-order chi connectivity index (χ0) is 24.2. The first-order valence-electron chi connectivity index (χ1n) is 11.9. The second kappa shape index (κ2) is 10.1. The number of likely N-dealkylation sites (tertiary alicyclic amines) is 1. The molecule has 0 spiro atoms. The van der Waals surface area contributed by atoms with Crippen molar-refractivity contribution in [2.45, 2.75) is 26.2 Å². The molecule has 1 aliphatic rings. The number of benzene rings is 2. The third kappa shape index (κ3) is 4.80. The van der Waals surface area contributed by atoms with Gasteiger partial charge in [-0.15, -0.1) is 5.10 Å². The van der Waals surface area contributed by atoms with E-state index in [-0.39, 0.29) is 5.91 Å². The van der Waals surface area contributed by atoms with Crippen LogP contribution < -0.4 is 4.74 Å². The summed E-state index contributed by atoms with van der Waals surface area (Å²) < 4.78 is 20.1. The Morgan fingerprint density at radius 1 is 1.09 bits per heavy atom. The van der Waals surface area contributed by atoms with Crippen LogP contribution in [0.5, 0.6) is 5.88 Å². The normalized spacial score (nSPS) is 14.5. The molecule has 1 N–H and O–H groups in total. The molecule has 178 valence electrons. The molecule has 0 atom stereocenters. The van der Waals surface area contributed by atoms with Gasteiger partial charge >= 0.3 is 0 Å². The van der Waals surface area contributed by atoms with E-state index in [0.29, 0.717) is 36.4 Å². The molecule has 5 rings (SSSR count). The fraction of sp³-hybridized carbons (Fsp3) is 0.250. The molecule has 1 aliphatic heterocycles. The SMILES string of the molecule is CC/C(=C(/c1ccc(OCCN2CCCC2=O)nc1)c1ccc2[nH]nc(F)c2c1)c1ccccc1. The van der Waals surface area contributed by atoms with Gasteiger partial charge in [-0.05, 0) is 53.3 Å². The number of aromatic amines is 1. The second-order valence-corrected chi connectivity index (χ2v) is 8.57. The number of fused-ring (bicyclic) bond motifs is 1. The van der Waals surface area contributed by atoms with E-state index in [9.17, 15) is 9.18 Å². The first kappa shape index (κ1) is 22.8. The summed E-state index contributed by atoms with van der Waals surface area (Å²) in [6.07, 6.45) is 4.11. The number of ether oxygens (including phenoxy) is 1. The number of carbonyl (C=O) groups is 1. The lowest BCUT2D eigenvalue weighted by Gasteiger charge is -2.17. The van der Waals surface area contributed by atoms with Gasteiger partial charge in [0.15, 0.2) is 0 Å². The molecule has 2 aromatic carbocycles. The number of amides is 1. The van der Waals surface area contributed by atoms with E-state index in [2.05, 4.69) is 34.2 Å². The molecule has 7 heteroatoms. The fourth-order valence-corrected chi connectivity index (χ4v) is 4.63. The van der Waals surface area contributed by atoms with Gasteiger partial charge in [0.1, 0.15) is 6.61 Å². The molecule has 1 amide bonds. The van der Waals surface area contributed by atoms with Crippen molar-refractivity contribution in [3.05, 3.63) is 89.5 Å². The zero-order valence-electron chi connectivity index (χ0n) is 19.6. The maximum absolute atomic E-state index is 14.3. The predicted molar refractivity (Wildman–Crippen MR) is 134 cm³/mol. The molecule has 6 nitrogen and oxygen atoms in total. The average Bonchev–Trinajstić information content (AvgIpc) is 3.48. The minimum Gasteiger partial charge on any atom is -0.476 e. The number of halogens is 1. The number of nitrogens with zero attached hydrogens (tertiary/aromatic N) is 3. The number of carbonyl (C=O) groups excluding carboxylic acids is 1. The van der Waals surface area contributed by atoms with Gasteiger partial charge in [-0.3, -0.25) is 9.89 Å². The third-order valence-electron chi connectivity index (χ3n) is 6.39. The van der Waals surface area contributed by atoms with Crippen molar-refractivity contribution in [2.75, 3.05) is 19.7 Å². The lowest BCUT2D eigenvalue weighted by atomic mass is 9.88. The minimum atomic E-state index is -0.516. The van der Waals surface area contributed by atoms with Crippen molar-refractivity contribution < 1.29 is 13.9 Å². The van der Waals surface area contributed by atoms with Crippen LogP contribution in [0.1, 0.15) is 42.9 Å². The number of hydrogen-bond donors (Lipinski definition) is 1. The van der Waals surface area contributed by atoms with Crippen LogP contribution in [0.25, 0.3) is 22.0 Å². The van der Waals surface area contributed by atoms with Gasteiger partial charge in [0.05, 0.1) is 17.4 Å². The number of hydrogen-bond acceptors (Lipinski definition) is 4. The second-order valence-electron chi connectivity index (χ2n) is 8.57. The monoisotopic (exact) mass is 470 g/mol. The van der Waals surface area contributed by atoms with Gasteiger partial charge in [0.2, 0.25) is 17.7 Å². The van der Waals surface area contributed by atoms with E-state index in [0.717, 1.165) is 47.2 Å². The van der Waals surface area contributed by atoms with Crippen LogP contribution in [0.2, 0.25) is 0 Å². The lowest BCUT2D eigenvalue weighted by molar-refractivity contribution is -0.128. The van der Waals surface area contributed by atoms with Crippen LogP contribution >= 0.6 is 0 Å². The minimum absolute atomic E-state index is 0.186. The highest BCUT2D eigenvalue weighted by molar-refractivity contribution is 6.00. The number of allylic oxidation sites excluding steroid dienone is 1. The maximum atomic E-state index is 14.3. The Morgan fingerprint density at radius 2 is 1.91 bits per heavy atom. The molecule has 0 radical (unpaired) electrons. The number of aromatic nitrogens is 3. The fourth-order valence-electron chi connectivity index (χ4n) is 4.63. The molecule has 0 saturated carbocycles. The summed E-state index contributed by atoms with van der Waals surface area (Å²) in [7, 11) is 0. The Hall–Kier alpha value is -4.00. The predicted octanol–water partition coefficient (Wildman–Crippen LogP) is 5.47. The number of rotatable bonds is 8. The number of H-pyrrole nitrogens is 1. The average molecular weight is 471 g/mol. The summed E-state index contributed by atoms with van der Waals surface area (Å²) in [5.74, 6) is 0.178. The van der Waals surface area contributed by atoms with Gasteiger partial charge < -0.3 is 9.64 Å². The Balaban J connectivity index is 1.48. The van der Waals surface area contributed by atoms with Gasteiger partial charge in [0, 0.05) is 30.8 Å². The topological polar surface area (TPSA) is 71.1 Å². The van der Waals surface area contributed by atoms with Crippen LogP contribution in [0.3, 0.4) is 0 Å². The highest BCUT2D eigenvalue weighted by Crippen LogP contribution is 2.35. The van der Waals surface area contributed by atoms with Crippen molar-refractivity contribution in [3.8, 4) is 5.88 Å². The summed E-state index contributed by atoms with van der Waals surface area (Å²) in [6.45, 7) is 3.88.